The van der Waals surface area contributed by atoms with Gasteiger partial charge in [-0.15, -0.1) is 0 Å². The Morgan fingerprint density at radius 3 is 2.62 bits per heavy atom. The zero-order chi connectivity index (χ0) is 10.0. The van der Waals surface area contributed by atoms with E-state index in [0.29, 0.717) is 5.69 Å². The van der Waals surface area contributed by atoms with Crippen LogP contribution in [0.15, 0.2) is 6.07 Å². The summed E-state index contributed by atoms with van der Waals surface area (Å²) in [6.45, 7) is 0.0553. The maximum Gasteiger partial charge on any atom is 0.282 e. The third kappa shape index (κ3) is 2.05. The number of nitrogens with zero attached hydrogens (tertiary/aromatic N) is 1. The lowest BCUT2D eigenvalue weighted by Crippen LogP contribution is -2.06. The van der Waals surface area contributed by atoms with Crippen LogP contribution < -0.4 is 11.5 Å². The summed E-state index contributed by atoms with van der Waals surface area (Å²) in [5.41, 5.74) is 10.1. The van der Waals surface area contributed by atoms with Gasteiger partial charge >= 0.3 is 0 Å². The summed E-state index contributed by atoms with van der Waals surface area (Å²) in [5.74, 6) is 0. The quantitative estimate of drug-likeness (QED) is 0.776. The van der Waals surface area contributed by atoms with Crippen molar-refractivity contribution in [3.8, 4) is 0 Å². The van der Waals surface area contributed by atoms with Crippen LogP contribution >= 0.6 is 11.6 Å². The molecule has 0 radical (unpaired) electrons. The molecule has 1 aromatic rings. The number of halogens is 3. The van der Waals surface area contributed by atoms with Crippen molar-refractivity contribution in [2.45, 2.75) is 13.0 Å². The van der Waals surface area contributed by atoms with Crippen LogP contribution in [0.2, 0.25) is 5.02 Å². The fourth-order valence-corrected chi connectivity index (χ4v) is 1.09. The average Bonchev–Trinajstić information content (AvgIpc) is 2.09. The van der Waals surface area contributed by atoms with Crippen molar-refractivity contribution in [2.24, 2.45) is 5.73 Å². The van der Waals surface area contributed by atoms with E-state index in [9.17, 15) is 8.78 Å². The fourth-order valence-electron chi connectivity index (χ4n) is 0.865. The molecule has 1 rings (SSSR count). The molecule has 0 aliphatic carbocycles. The van der Waals surface area contributed by atoms with Gasteiger partial charge in [-0.1, -0.05) is 11.6 Å². The van der Waals surface area contributed by atoms with Crippen LogP contribution in [0, 0.1) is 0 Å². The first kappa shape index (κ1) is 10.1. The Hall–Kier alpha value is -0.940. The molecule has 0 amide bonds. The van der Waals surface area contributed by atoms with Crippen molar-refractivity contribution in [2.75, 3.05) is 5.73 Å². The summed E-state index contributed by atoms with van der Waals surface area (Å²) >= 11 is 5.59. The summed E-state index contributed by atoms with van der Waals surface area (Å²) in [4.78, 5) is 3.57. The highest BCUT2D eigenvalue weighted by Gasteiger charge is 2.16. The van der Waals surface area contributed by atoms with Gasteiger partial charge in [-0.25, -0.2) is 13.8 Å². The topological polar surface area (TPSA) is 64.9 Å². The summed E-state index contributed by atoms with van der Waals surface area (Å²) in [7, 11) is 0. The lowest BCUT2D eigenvalue weighted by molar-refractivity contribution is 0.147. The molecule has 0 spiro atoms. The number of anilines is 1. The standard InChI is InChI=1S/C7H8ClF2N3/c8-4-1-3(2-11)13-6(5(4)12)7(9)10/h1,7H,2,11-12H2. The van der Waals surface area contributed by atoms with E-state index >= 15 is 0 Å². The first-order valence-electron chi connectivity index (χ1n) is 3.49. The van der Waals surface area contributed by atoms with E-state index in [-0.39, 0.29) is 17.3 Å². The van der Waals surface area contributed by atoms with Crippen molar-refractivity contribution in [1.29, 1.82) is 0 Å². The molecule has 0 bridgehead atoms. The van der Waals surface area contributed by atoms with Crippen molar-refractivity contribution in [3.05, 3.63) is 22.5 Å². The highest BCUT2D eigenvalue weighted by Crippen LogP contribution is 2.29. The average molecular weight is 208 g/mol. The molecule has 0 atom stereocenters. The molecule has 72 valence electrons. The van der Waals surface area contributed by atoms with Crippen LogP contribution in [0.4, 0.5) is 14.5 Å². The number of nitrogens with two attached hydrogens (primary N) is 2. The van der Waals surface area contributed by atoms with Gasteiger partial charge in [-0.3, -0.25) is 0 Å². The van der Waals surface area contributed by atoms with Gasteiger partial charge in [0.1, 0.15) is 5.69 Å². The Labute approximate surface area is 78.7 Å². The summed E-state index contributed by atoms with van der Waals surface area (Å²) in [5, 5.41) is 0.0609. The number of aromatic nitrogens is 1. The molecule has 0 aliphatic heterocycles. The Kier molecular flexibility index (Phi) is 3.00. The molecule has 3 nitrogen and oxygen atoms in total. The third-order valence-electron chi connectivity index (χ3n) is 1.51. The van der Waals surface area contributed by atoms with Crippen LogP contribution in [-0.4, -0.2) is 4.98 Å². The van der Waals surface area contributed by atoms with Crippen LogP contribution in [0.25, 0.3) is 0 Å². The predicted octanol–water partition coefficient (Wildman–Crippen LogP) is 1.71. The van der Waals surface area contributed by atoms with Crippen molar-refractivity contribution >= 4 is 17.3 Å². The second-order valence-corrected chi connectivity index (χ2v) is 2.81. The highest BCUT2D eigenvalue weighted by molar-refractivity contribution is 6.33. The second kappa shape index (κ2) is 3.85. The normalized spacial score (nSPS) is 10.8. The van der Waals surface area contributed by atoms with Crippen molar-refractivity contribution in [3.63, 3.8) is 0 Å². The van der Waals surface area contributed by atoms with Gasteiger partial charge in [0.15, 0.2) is 0 Å². The van der Waals surface area contributed by atoms with Gasteiger partial charge in [0.25, 0.3) is 6.43 Å². The Morgan fingerprint density at radius 1 is 1.54 bits per heavy atom. The second-order valence-electron chi connectivity index (χ2n) is 2.40. The molecule has 0 aliphatic rings. The van der Waals surface area contributed by atoms with Gasteiger partial charge in [0.2, 0.25) is 0 Å². The van der Waals surface area contributed by atoms with E-state index in [1.165, 1.54) is 6.07 Å². The maximum atomic E-state index is 12.3. The molecule has 1 aromatic heterocycles. The van der Waals surface area contributed by atoms with E-state index < -0.39 is 12.1 Å². The molecular formula is C7H8ClF2N3. The number of hydrogen-bond acceptors (Lipinski definition) is 3. The van der Waals surface area contributed by atoms with E-state index in [1.54, 1.807) is 0 Å². The van der Waals surface area contributed by atoms with E-state index in [1.807, 2.05) is 0 Å². The lowest BCUT2D eigenvalue weighted by atomic mass is 10.2. The monoisotopic (exact) mass is 207 g/mol. The molecule has 0 saturated heterocycles. The van der Waals surface area contributed by atoms with Crippen LogP contribution in [-0.2, 0) is 6.54 Å². The van der Waals surface area contributed by atoms with Crippen LogP contribution in [0.3, 0.4) is 0 Å². The summed E-state index contributed by atoms with van der Waals surface area (Å²) in [6.07, 6.45) is -2.73. The van der Waals surface area contributed by atoms with E-state index in [4.69, 9.17) is 23.1 Å². The summed E-state index contributed by atoms with van der Waals surface area (Å²) in [6, 6.07) is 1.38. The number of rotatable bonds is 2. The minimum Gasteiger partial charge on any atom is -0.396 e. The molecule has 0 fully saturated rings. The van der Waals surface area contributed by atoms with Crippen molar-refractivity contribution in [1.82, 2.24) is 4.98 Å². The number of pyridine rings is 1. The molecular weight excluding hydrogens is 200 g/mol. The van der Waals surface area contributed by atoms with Gasteiger partial charge in [0, 0.05) is 6.54 Å². The molecule has 13 heavy (non-hydrogen) atoms. The van der Waals surface area contributed by atoms with Crippen LogP contribution in [0.1, 0.15) is 17.8 Å². The zero-order valence-electron chi connectivity index (χ0n) is 6.60. The van der Waals surface area contributed by atoms with E-state index in [2.05, 4.69) is 4.98 Å². The summed E-state index contributed by atoms with van der Waals surface area (Å²) < 4.78 is 24.6. The molecule has 4 N–H and O–H groups in total. The number of hydrogen-bond donors (Lipinski definition) is 2. The first-order chi connectivity index (χ1) is 6.06. The van der Waals surface area contributed by atoms with Crippen LogP contribution in [0.5, 0.6) is 0 Å². The fraction of sp³-hybridized carbons (Fsp3) is 0.286. The highest BCUT2D eigenvalue weighted by atomic mass is 35.5. The number of nitrogen functional groups attached to an aromatic ring is 1. The van der Waals surface area contributed by atoms with E-state index in [0.717, 1.165) is 0 Å². The largest absolute Gasteiger partial charge is 0.396 e. The number of alkyl halides is 2. The molecule has 1 heterocycles. The molecule has 6 heteroatoms. The minimum absolute atomic E-state index is 0.0553. The Bertz CT molecular complexity index is 317. The van der Waals surface area contributed by atoms with Gasteiger partial charge in [-0.2, -0.15) is 0 Å². The first-order valence-corrected chi connectivity index (χ1v) is 3.87. The predicted molar refractivity (Wildman–Crippen MR) is 46.5 cm³/mol. The van der Waals surface area contributed by atoms with Gasteiger partial charge < -0.3 is 11.5 Å². The smallest absolute Gasteiger partial charge is 0.282 e. The van der Waals surface area contributed by atoms with Gasteiger partial charge in [-0.05, 0) is 6.07 Å². The maximum absolute atomic E-state index is 12.3. The lowest BCUT2D eigenvalue weighted by Gasteiger charge is -2.07. The minimum atomic E-state index is -2.73. The molecule has 0 aromatic carbocycles. The molecule has 0 saturated carbocycles. The Balaban J connectivity index is 3.25. The Morgan fingerprint density at radius 2 is 2.15 bits per heavy atom. The van der Waals surface area contributed by atoms with Crippen molar-refractivity contribution < 1.29 is 8.78 Å². The third-order valence-corrected chi connectivity index (χ3v) is 1.82. The SMILES string of the molecule is NCc1cc(Cl)c(N)c(C(F)F)n1. The zero-order valence-corrected chi connectivity index (χ0v) is 7.35. The van der Waals surface area contributed by atoms with Gasteiger partial charge in [0.05, 0.1) is 16.4 Å². The molecule has 0 unspecified atom stereocenters.